The molecule has 0 unspecified atom stereocenters. The third-order valence-corrected chi connectivity index (χ3v) is 4.33. The molecule has 0 aliphatic heterocycles. The maximum Gasteiger partial charge on any atom is 0.190 e. The number of benzene rings is 1. The molecule has 21 heavy (non-hydrogen) atoms. The van der Waals surface area contributed by atoms with Crippen molar-refractivity contribution in [2.75, 3.05) is 14.2 Å². The molecule has 0 aromatic heterocycles. The molecule has 2 nitrogen and oxygen atoms in total. The van der Waals surface area contributed by atoms with Gasteiger partial charge in [0.05, 0.1) is 9.73 Å². The van der Waals surface area contributed by atoms with Gasteiger partial charge in [0.1, 0.15) is 0 Å². The molecule has 2 rings (SSSR count). The van der Waals surface area contributed by atoms with Crippen LogP contribution in [0, 0.1) is 0 Å². The largest absolute Gasteiger partial charge is 0.349 e. The van der Waals surface area contributed by atoms with Gasteiger partial charge < -0.3 is 9.47 Å². The van der Waals surface area contributed by atoms with Gasteiger partial charge in [0, 0.05) is 37.1 Å². The fourth-order valence-corrected chi connectivity index (χ4v) is 2.53. The maximum absolute atomic E-state index is 5.48. The summed E-state index contributed by atoms with van der Waals surface area (Å²) < 4.78 is 10.7. The summed E-state index contributed by atoms with van der Waals surface area (Å²) in [6, 6.07) is 9.81. The fourth-order valence-electron chi connectivity index (χ4n) is 2.01. The van der Waals surface area contributed by atoms with E-state index in [-0.39, 0.29) is 16.5 Å². The summed E-state index contributed by atoms with van der Waals surface area (Å²) in [5.74, 6) is -0.687. The molecule has 0 saturated heterocycles. The molecule has 1 aliphatic carbocycles. The van der Waals surface area contributed by atoms with Gasteiger partial charge in [0.2, 0.25) is 0 Å². The van der Waals surface area contributed by atoms with Gasteiger partial charge in [0.25, 0.3) is 0 Å². The van der Waals surface area contributed by atoms with E-state index in [0.29, 0.717) is 16.1 Å². The summed E-state index contributed by atoms with van der Waals surface area (Å²) in [5.41, 5.74) is 1.91. The Balaban J connectivity index is 0.00000220. The minimum Gasteiger partial charge on any atom is -0.349 e. The van der Waals surface area contributed by atoms with E-state index >= 15 is 0 Å². The Bertz CT molecular complexity index is 575. The Morgan fingerprint density at radius 2 is 1.67 bits per heavy atom. The summed E-state index contributed by atoms with van der Waals surface area (Å²) in [6.07, 6.45) is 6.41. The number of allylic oxidation sites excluding steroid dienone is 2. The van der Waals surface area contributed by atoms with Crippen molar-refractivity contribution in [2.24, 2.45) is 0 Å². The minimum absolute atomic E-state index is 0. The van der Waals surface area contributed by atoms with Crippen LogP contribution in [0.25, 0.3) is 0 Å². The van der Waals surface area contributed by atoms with Gasteiger partial charge in [-0.3, -0.25) is 0 Å². The average molecular weight is 363 g/mol. The zero-order valence-corrected chi connectivity index (χ0v) is 14.4. The van der Waals surface area contributed by atoms with E-state index in [1.807, 2.05) is 48.6 Å². The molecule has 0 spiro atoms. The molecule has 1 aromatic rings. The summed E-state index contributed by atoms with van der Waals surface area (Å²) in [6.45, 7) is 0. The number of methoxy groups -OCH3 is 2. The molecule has 0 radical (unpaired) electrons. The van der Waals surface area contributed by atoms with E-state index in [4.69, 9.17) is 33.9 Å². The van der Waals surface area contributed by atoms with Crippen LogP contribution in [-0.4, -0.2) is 29.7 Å². The second-order valence-electron chi connectivity index (χ2n) is 4.44. The first-order valence-corrected chi connectivity index (χ1v) is 7.07. The number of rotatable bonds is 5. The van der Waals surface area contributed by atoms with Crippen molar-refractivity contribution in [2.45, 2.75) is 12.2 Å². The van der Waals surface area contributed by atoms with E-state index in [1.54, 1.807) is 14.2 Å². The number of ether oxygens (including phenoxy) is 2. The SMILES string of the molecule is COC1(OC)C=CC(C(=S)C(=S)c2ccccc2)=CC1.[Ni]. The van der Waals surface area contributed by atoms with Crippen LogP contribution in [0.2, 0.25) is 0 Å². The maximum atomic E-state index is 5.48. The Hall–Kier alpha value is -0.706. The topological polar surface area (TPSA) is 18.5 Å². The third kappa shape index (κ3) is 4.15. The first-order valence-electron chi connectivity index (χ1n) is 6.25. The van der Waals surface area contributed by atoms with E-state index in [2.05, 4.69) is 0 Å². The van der Waals surface area contributed by atoms with E-state index in [9.17, 15) is 0 Å². The molecular formula is C16H16NiO2S2. The smallest absolute Gasteiger partial charge is 0.190 e. The molecule has 0 amide bonds. The molecule has 0 N–H and O–H groups in total. The van der Waals surface area contributed by atoms with Gasteiger partial charge in [0.15, 0.2) is 5.79 Å². The summed E-state index contributed by atoms with van der Waals surface area (Å²) in [4.78, 5) is 1.38. The number of hydrogen-bond donors (Lipinski definition) is 0. The van der Waals surface area contributed by atoms with Crippen molar-refractivity contribution < 1.29 is 26.0 Å². The van der Waals surface area contributed by atoms with Gasteiger partial charge in [-0.2, -0.15) is 0 Å². The van der Waals surface area contributed by atoms with Gasteiger partial charge in [-0.15, -0.1) is 0 Å². The predicted molar refractivity (Wildman–Crippen MR) is 89.3 cm³/mol. The summed E-state index contributed by atoms with van der Waals surface area (Å²) in [5, 5.41) is 0. The van der Waals surface area contributed by atoms with Crippen LogP contribution < -0.4 is 0 Å². The monoisotopic (exact) mass is 362 g/mol. The summed E-state index contributed by atoms with van der Waals surface area (Å²) >= 11 is 10.9. The second kappa shape index (κ2) is 8.07. The van der Waals surface area contributed by atoms with Gasteiger partial charge >= 0.3 is 0 Å². The van der Waals surface area contributed by atoms with Gasteiger partial charge in [-0.05, 0) is 17.2 Å². The Kier molecular flexibility index (Phi) is 7.04. The van der Waals surface area contributed by atoms with Crippen LogP contribution in [0.15, 0.2) is 54.1 Å². The molecule has 5 heteroatoms. The molecule has 0 fully saturated rings. The van der Waals surface area contributed by atoms with Crippen LogP contribution in [0.3, 0.4) is 0 Å². The van der Waals surface area contributed by atoms with Crippen molar-refractivity contribution in [1.29, 1.82) is 0 Å². The number of thiocarbonyl (C=S) groups is 2. The van der Waals surface area contributed by atoms with Crippen LogP contribution in [0.1, 0.15) is 12.0 Å². The first-order chi connectivity index (χ1) is 9.62. The Morgan fingerprint density at radius 1 is 1.05 bits per heavy atom. The van der Waals surface area contributed by atoms with Gasteiger partial charge in [-0.1, -0.05) is 66.9 Å². The first kappa shape index (κ1) is 18.3. The zero-order chi connectivity index (χ0) is 14.6. The third-order valence-electron chi connectivity index (χ3n) is 3.32. The van der Waals surface area contributed by atoms with Crippen molar-refractivity contribution >= 4 is 34.2 Å². The predicted octanol–water partition coefficient (Wildman–Crippen LogP) is 3.65. The van der Waals surface area contributed by atoms with E-state index in [1.165, 1.54) is 0 Å². The Morgan fingerprint density at radius 3 is 2.14 bits per heavy atom. The van der Waals surface area contributed by atoms with Crippen molar-refractivity contribution in [3.8, 4) is 0 Å². The number of hydrogen-bond acceptors (Lipinski definition) is 4. The van der Waals surface area contributed by atoms with Crippen molar-refractivity contribution in [3.05, 3.63) is 59.7 Å². The molecule has 0 bridgehead atoms. The Labute approximate surface area is 146 Å². The normalized spacial score (nSPS) is 15.8. The molecule has 1 aromatic carbocycles. The molecule has 0 saturated carbocycles. The fraction of sp³-hybridized carbons (Fsp3) is 0.250. The molecule has 0 atom stereocenters. The minimum atomic E-state index is -0.687. The molecule has 0 heterocycles. The van der Waals surface area contributed by atoms with Crippen molar-refractivity contribution in [1.82, 2.24) is 0 Å². The van der Waals surface area contributed by atoms with Crippen LogP contribution in [-0.2, 0) is 26.0 Å². The van der Waals surface area contributed by atoms with Crippen LogP contribution >= 0.6 is 24.4 Å². The van der Waals surface area contributed by atoms with E-state index < -0.39 is 5.79 Å². The average Bonchev–Trinajstić information content (AvgIpc) is 2.54. The molecule has 114 valence electrons. The standard InChI is InChI=1S/C16H16O2S2.Ni/c1-17-16(18-2)10-8-13(9-11-16)15(20)14(19)12-6-4-3-5-7-12;/h3-10H,11H2,1-2H3;. The summed E-state index contributed by atoms with van der Waals surface area (Å²) in [7, 11) is 3.25. The quantitative estimate of drug-likeness (QED) is 0.344. The van der Waals surface area contributed by atoms with Crippen LogP contribution in [0.4, 0.5) is 0 Å². The molecular weight excluding hydrogens is 347 g/mol. The van der Waals surface area contributed by atoms with Gasteiger partial charge in [-0.25, -0.2) is 0 Å². The van der Waals surface area contributed by atoms with Crippen molar-refractivity contribution in [3.63, 3.8) is 0 Å². The molecule has 1 aliphatic rings. The zero-order valence-electron chi connectivity index (χ0n) is 11.8. The van der Waals surface area contributed by atoms with E-state index in [0.717, 1.165) is 11.1 Å². The van der Waals surface area contributed by atoms with Crippen LogP contribution in [0.5, 0.6) is 0 Å². The second-order valence-corrected chi connectivity index (χ2v) is 5.26.